The molecule has 94 valence electrons. The van der Waals surface area contributed by atoms with Crippen LogP contribution in [0.15, 0.2) is 28.8 Å². The molecule has 5 heteroatoms. The highest BCUT2D eigenvalue weighted by atomic mass is 16.5. The van der Waals surface area contributed by atoms with Crippen LogP contribution in [0, 0.1) is 6.92 Å². The first-order valence-electron chi connectivity index (χ1n) is 5.73. The van der Waals surface area contributed by atoms with E-state index in [9.17, 15) is 4.79 Å². The highest BCUT2D eigenvalue weighted by molar-refractivity contribution is 6.03. The van der Waals surface area contributed by atoms with Gasteiger partial charge in [-0.15, -0.1) is 0 Å². The Balaban J connectivity index is 2.14. The number of amides is 1. The van der Waals surface area contributed by atoms with Gasteiger partial charge in [-0.2, -0.15) is 0 Å². The molecule has 0 aliphatic carbocycles. The van der Waals surface area contributed by atoms with Crippen molar-refractivity contribution in [2.45, 2.75) is 20.3 Å². The van der Waals surface area contributed by atoms with Crippen molar-refractivity contribution >= 4 is 17.3 Å². The van der Waals surface area contributed by atoms with E-state index in [1.165, 1.54) is 0 Å². The maximum absolute atomic E-state index is 11.8. The lowest BCUT2D eigenvalue weighted by Crippen LogP contribution is -2.12. The number of nitrogen functional groups attached to an aromatic ring is 1. The lowest BCUT2D eigenvalue weighted by Gasteiger charge is -2.07. The Labute approximate surface area is 105 Å². The second-order valence-electron chi connectivity index (χ2n) is 4.04. The minimum atomic E-state index is -0.310. The fraction of sp³-hybridized carbons (Fsp3) is 0.231. The zero-order valence-electron chi connectivity index (χ0n) is 10.4. The molecule has 5 nitrogen and oxygen atoms in total. The molecule has 0 unspecified atom stereocenters. The third-order valence-corrected chi connectivity index (χ3v) is 2.65. The van der Waals surface area contributed by atoms with Gasteiger partial charge in [0.15, 0.2) is 5.69 Å². The summed E-state index contributed by atoms with van der Waals surface area (Å²) in [5, 5.41) is 6.37. The molecule has 18 heavy (non-hydrogen) atoms. The highest BCUT2D eigenvalue weighted by Crippen LogP contribution is 2.19. The first-order chi connectivity index (χ1) is 8.60. The quantitative estimate of drug-likeness (QED) is 0.813. The maximum Gasteiger partial charge on any atom is 0.277 e. The van der Waals surface area contributed by atoms with Crippen LogP contribution >= 0.6 is 0 Å². The minimum absolute atomic E-state index is 0.255. The molecule has 1 amide bonds. The van der Waals surface area contributed by atoms with Gasteiger partial charge >= 0.3 is 0 Å². The van der Waals surface area contributed by atoms with E-state index >= 15 is 0 Å². The zero-order valence-corrected chi connectivity index (χ0v) is 10.4. The second kappa shape index (κ2) is 4.91. The van der Waals surface area contributed by atoms with E-state index < -0.39 is 0 Å². The number of nitrogens with zero attached hydrogens (tertiary/aromatic N) is 1. The third-order valence-electron chi connectivity index (χ3n) is 2.65. The van der Waals surface area contributed by atoms with Crippen molar-refractivity contribution in [3.63, 3.8) is 0 Å². The summed E-state index contributed by atoms with van der Waals surface area (Å²) in [7, 11) is 0. The molecule has 1 heterocycles. The number of nitrogens with two attached hydrogens (primary N) is 1. The fourth-order valence-electron chi connectivity index (χ4n) is 1.66. The average molecular weight is 245 g/mol. The van der Waals surface area contributed by atoms with E-state index in [0.717, 1.165) is 12.0 Å². The number of carbonyl (C=O) groups excluding carboxylic acids is 1. The van der Waals surface area contributed by atoms with E-state index in [2.05, 4.69) is 10.5 Å². The standard InChI is InChI=1S/C13H15N3O2/c1-3-9-4-5-10(7-11(9)14)15-13(17)12-6-8(2)18-16-12/h4-7H,3,14H2,1-2H3,(H,15,17). The van der Waals surface area contributed by atoms with Gasteiger partial charge in [-0.1, -0.05) is 18.1 Å². The first-order valence-corrected chi connectivity index (χ1v) is 5.73. The van der Waals surface area contributed by atoms with Gasteiger partial charge in [-0.25, -0.2) is 0 Å². The minimum Gasteiger partial charge on any atom is -0.398 e. The van der Waals surface area contributed by atoms with Crippen molar-refractivity contribution in [3.05, 3.63) is 41.3 Å². The van der Waals surface area contributed by atoms with Crippen LogP contribution in [0.3, 0.4) is 0 Å². The molecule has 0 fully saturated rings. The summed E-state index contributed by atoms with van der Waals surface area (Å²) in [5.41, 5.74) is 8.50. The van der Waals surface area contributed by atoms with Gasteiger partial charge in [0.1, 0.15) is 5.76 Å². The third kappa shape index (κ3) is 2.51. The van der Waals surface area contributed by atoms with Crippen molar-refractivity contribution in [1.29, 1.82) is 0 Å². The van der Waals surface area contributed by atoms with E-state index in [1.54, 1.807) is 19.1 Å². The molecule has 0 saturated carbocycles. The average Bonchev–Trinajstić information content (AvgIpc) is 2.76. The smallest absolute Gasteiger partial charge is 0.277 e. The van der Waals surface area contributed by atoms with Gasteiger partial charge < -0.3 is 15.6 Å². The monoisotopic (exact) mass is 245 g/mol. The van der Waals surface area contributed by atoms with Gasteiger partial charge in [-0.05, 0) is 31.0 Å². The van der Waals surface area contributed by atoms with Crippen molar-refractivity contribution in [2.75, 3.05) is 11.1 Å². The van der Waals surface area contributed by atoms with Gasteiger partial charge in [0, 0.05) is 17.4 Å². The van der Waals surface area contributed by atoms with Crippen LogP contribution in [0.2, 0.25) is 0 Å². The largest absolute Gasteiger partial charge is 0.398 e. The van der Waals surface area contributed by atoms with Crippen molar-refractivity contribution in [1.82, 2.24) is 5.16 Å². The summed E-state index contributed by atoms with van der Waals surface area (Å²) >= 11 is 0. The molecule has 0 saturated heterocycles. The SMILES string of the molecule is CCc1ccc(NC(=O)c2cc(C)on2)cc1N. The van der Waals surface area contributed by atoms with Crippen LogP contribution in [-0.4, -0.2) is 11.1 Å². The Morgan fingerprint density at radius 2 is 2.22 bits per heavy atom. The van der Waals surface area contributed by atoms with Gasteiger partial charge in [0.2, 0.25) is 0 Å². The van der Waals surface area contributed by atoms with Crippen molar-refractivity contribution in [2.24, 2.45) is 0 Å². The van der Waals surface area contributed by atoms with E-state index in [-0.39, 0.29) is 11.6 Å². The predicted octanol–water partition coefficient (Wildman–Crippen LogP) is 2.38. The Morgan fingerprint density at radius 1 is 1.44 bits per heavy atom. The fourth-order valence-corrected chi connectivity index (χ4v) is 1.66. The van der Waals surface area contributed by atoms with Crippen LogP contribution < -0.4 is 11.1 Å². The molecule has 1 aromatic heterocycles. The summed E-state index contributed by atoms with van der Waals surface area (Å²) in [4.78, 5) is 11.8. The summed E-state index contributed by atoms with van der Waals surface area (Å²) in [5.74, 6) is 0.288. The summed E-state index contributed by atoms with van der Waals surface area (Å²) in [6, 6.07) is 7.04. The lowest BCUT2D eigenvalue weighted by molar-refractivity contribution is 0.101. The molecule has 0 radical (unpaired) electrons. The number of nitrogens with one attached hydrogen (secondary N) is 1. The number of aromatic nitrogens is 1. The number of carbonyl (C=O) groups is 1. The molecule has 2 rings (SSSR count). The van der Waals surface area contributed by atoms with Gasteiger partial charge in [-0.3, -0.25) is 4.79 Å². The number of rotatable bonds is 3. The second-order valence-corrected chi connectivity index (χ2v) is 4.04. The van der Waals surface area contributed by atoms with Crippen LogP contribution in [0.1, 0.15) is 28.7 Å². The lowest BCUT2D eigenvalue weighted by atomic mass is 10.1. The van der Waals surface area contributed by atoms with Gasteiger partial charge in [0.05, 0.1) is 0 Å². The molecule has 3 N–H and O–H groups in total. The molecule has 0 spiro atoms. The molecule has 0 aliphatic heterocycles. The van der Waals surface area contributed by atoms with Crippen molar-refractivity contribution in [3.8, 4) is 0 Å². The number of hydrogen-bond donors (Lipinski definition) is 2. The van der Waals surface area contributed by atoms with Crippen LogP contribution in [0.4, 0.5) is 11.4 Å². The molecular formula is C13H15N3O2. The molecule has 1 aromatic carbocycles. The maximum atomic E-state index is 11.8. The Morgan fingerprint density at radius 3 is 2.78 bits per heavy atom. The Kier molecular flexibility index (Phi) is 3.32. The summed E-state index contributed by atoms with van der Waals surface area (Å²) < 4.78 is 4.85. The number of aryl methyl sites for hydroxylation is 2. The first kappa shape index (κ1) is 12.2. The molecular weight excluding hydrogens is 230 g/mol. The topological polar surface area (TPSA) is 81.2 Å². The highest BCUT2D eigenvalue weighted by Gasteiger charge is 2.11. The van der Waals surface area contributed by atoms with Crippen LogP contribution in [-0.2, 0) is 6.42 Å². The predicted molar refractivity (Wildman–Crippen MR) is 69.4 cm³/mol. The normalized spacial score (nSPS) is 10.3. The Hall–Kier alpha value is -2.30. The number of hydrogen-bond acceptors (Lipinski definition) is 4. The number of benzene rings is 1. The molecule has 0 atom stereocenters. The molecule has 0 aliphatic rings. The van der Waals surface area contributed by atoms with E-state index in [0.29, 0.717) is 17.1 Å². The van der Waals surface area contributed by atoms with Gasteiger partial charge in [0.25, 0.3) is 5.91 Å². The van der Waals surface area contributed by atoms with E-state index in [1.807, 2.05) is 19.1 Å². The van der Waals surface area contributed by atoms with E-state index in [4.69, 9.17) is 10.3 Å². The van der Waals surface area contributed by atoms with Crippen LogP contribution in [0.5, 0.6) is 0 Å². The van der Waals surface area contributed by atoms with Crippen LogP contribution in [0.25, 0.3) is 0 Å². The van der Waals surface area contributed by atoms with Crippen molar-refractivity contribution < 1.29 is 9.32 Å². The summed E-state index contributed by atoms with van der Waals surface area (Å²) in [6.07, 6.45) is 0.864. The molecule has 0 bridgehead atoms. The Bertz CT molecular complexity index is 575. The molecule has 2 aromatic rings. The number of anilines is 2. The zero-order chi connectivity index (χ0) is 13.1. The summed E-state index contributed by atoms with van der Waals surface area (Å²) in [6.45, 7) is 3.76.